The van der Waals surface area contributed by atoms with Crippen LogP contribution >= 0.6 is 0 Å². The molecule has 0 heterocycles. The van der Waals surface area contributed by atoms with Gasteiger partial charge in [-0.25, -0.2) is 8.93 Å². The monoisotopic (exact) mass is 334 g/mol. The Hall–Kier alpha value is -2.22. The molecule has 2 aromatic carbocycles. The Kier molecular flexibility index (Phi) is 6.28. The van der Waals surface area contributed by atoms with Crippen molar-refractivity contribution in [2.45, 2.75) is 18.6 Å². The van der Waals surface area contributed by atoms with Crippen molar-refractivity contribution in [2.24, 2.45) is 5.73 Å². The Morgan fingerprint density at radius 1 is 1.13 bits per heavy atom. The van der Waals surface area contributed by atoms with E-state index < -0.39 is 29.3 Å². The highest BCUT2D eigenvalue weighted by Crippen LogP contribution is 2.22. The number of hydrogen-bond acceptors (Lipinski definition) is 3. The first kappa shape index (κ1) is 17.1. The number of amides is 1. The Morgan fingerprint density at radius 2 is 1.70 bits per heavy atom. The van der Waals surface area contributed by atoms with Crippen LogP contribution in [0.1, 0.15) is 18.0 Å². The summed E-state index contributed by atoms with van der Waals surface area (Å²) in [5.74, 6) is -0.131. The van der Waals surface area contributed by atoms with Gasteiger partial charge in [0.2, 0.25) is 11.3 Å². The molecule has 3 unspecified atom stereocenters. The molecule has 1 amide bonds. The van der Waals surface area contributed by atoms with Crippen molar-refractivity contribution in [3.8, 4) is 5.75 Å². The molecule has 0 aliphatic carbocycles. The number of carbonyl (C=O) groups is 1. The lowest BCUT2D eigenvalue weighted by Crippen LogP contribution is -2.38. The summed E-state index contributed by atoms with van der Waals surface area (Å²) < 4.78 is 28.4. The molecular weight excluding hydrogens is 316 g/mol. The third-order valence-electron chi connectivity index (χ3n) is 3.23. The first-order valence-corrected chi connectivity index (χ1v) is 8.10. The van der Waals surface area contributed by atoms with E-state index in [-0.39, 0.29) is 6.42 Å². The minimum atomic E-state index is -2.23. The topological polar surface area (TPSA) is 102 Å². The smallest absolute Gasteiger partial charge is 0.258 e. The highest BCUT2D eigenvalue weighted by molar-refractivity contribution is 7.77. The molecule has 0 aliphatic rings. The number of carbonyl (C=O) groups excluding carboxylic acids is 1. The molecule has 0 bridgehead atoms. The average Bonchev–Trinajstić information content (AvgIpc) is 2.54. The minimum absolute atomic E-state index is 0.126. The van der Waals surface area contributed by atoms with E-state index in [1.165, 1.54) is 0 Å². The van der Waals surface area contributed by atoms with Crippen molar-refractivity contribution in [2.75, 3.05) is 0 Å². The molecule has 122 valence electrons. The number of benzene rings is 2. The van der Waals surface area contributed by atoms with Gasteiger partial charge in [-0.05, 0) is 17.7 Å². The molecule has 2 aromatic rings. The number of hydrogen-bond donors (Lipinski definition) is 3. The summed E-state index contributed by atoms with van der Waals surface area (Å²) in [4.78, 5) is 11.7. The zero-order valence-electron chi connectivity index (χ0n) is 12.3. The molecule has 0 fully saturated rings. The molecule has 0 aliphatic heterocycles. The molecule has 7 heteroatoms. The van der Waals surface area contributed by atoms with E-state index in [0.717, 1.165) is 5.56 Å². The fourth-order valence-electron chi connectivity index (χ4n) is 2.16. The third kappa shape index (κ3) is 5.48. The largest absolute Gasteiger partial charge is 0.481 e. The predicted molar refractivity (Wildman–Crippen MR) is 87.8 cm³/mol. The zero-order valence-corrected chi connectivity index (χ0v) is 13.1. The number of nitrogens with one attached hydrogen (secondary N) is 1. The highest BCUT2D eigenvalue weighted by atomic mass is 32.2. The Labute approximate surface area is 137 Å². The second kappa shape index (κ2) is 8.42. The van der Waals surface area contributed by atoms with Crippen LogP contribution in [-0.4, -0.2) is 20.8 Å². The summed E-state index contributed by atoms with van der Waals surface area (Å²) in [5.41, 5.74) is 6.17. The van der Waals surface area contributed by atoms with Crippen LogP contribution < -0.4 is 15.2 Å². The van der Waals surface area contributed by atoms with Crippen molar-refractivity contribution in [3.63, 3.8) is 0 Å². The molecule has 0 saturated heterocycles. The van der Waals surface area contributed by atoms with Gasteiger partial charge in [-0.1, -0.05) is 48.5 Å². The first-order chi connectivity index (χ1) is 11.1. The standard InChI is InChI=1S/C16H18N2O4S/c17-16(19)15(22-13-9-5-2-6-10-13)11-14(18-23(20)21)12-7-3-1-4-8-12/h1-10,14-15,18H,11H2,(H2,17,19)(H,20,21). The lowest BCUT2D eigenvalue weighted by atomic mass is 10.0. The second-order valence-corrected chi connectivity index (χ2v) is 5.62. The number of para-hydroxylation sites is 1. The third-order valence-corrected chi connectivity index (χ3v) is 3.72. The van der Waals surface area contributed by atoms with Gasteiger partial charge in [0.05, 0.1) is 6.04 Å². The van der Waals surface area contributed by atoms with Crippen molar-refractivity contribution in [3.05, 3.63) is 66.2 Å². The number of ether oxygens (including phenoxy) is 1. The predicted octanol–water partition coefficient (Wildman–Crippen LogP) is 1.78. The maximum Gasteiger partial charge on any atom is 0.258 e. The maximum atomic E-state index is 11.7. The van der Waals surface area contributed by atoms with Crippen LogP contribution in [0, 0.1) is 0 Å². The number of primary amides is 1. The van der Waals surface area contributed by atoms with E-state index in [0.29, 0.717) is 5.75 Å². The molecule has 23 heavy (non-hydrogen) atoms. The number of nitrogens with two attached hydrogens (primary N) is 1. The first-order valence-electron chi connectivity index (χ1n) is 6.99. The van der Waals surface area contributed by atoms with E-state index in [1.807, 2.05) is 24.3 Å². The van der Waals surface area contributed by atoms with Gasteiger partial charge in [-0.3, -0.25) is 9.35 Å². The van der Waals surface area contributed by atoms with Crippen molar-refractivity contribution in [1.29, 1.82) is 0 Å². The summed E-state index contributed by atoms with van der Waals surface area (Å²) in [6, 6.07) is 17.3. The van der Waals surface area contributed by atoms with Crippen LogP contribution in [0.25, 0.3) is 0 Å². The van der Waals surface area contributed by atoms with Crippen molar-refractivity contribution >= 4 is 17.2 Å². The molecule has 4 N–H and O–H groups in total. The fraction of sp³-hybridized carbons (Fsp3) is 0.188. The quantitative estimate of drug-likeness (QED) is 0.640. The summed E-state index contributed by atoms with van der Waals surface area (Å²) in [6.07, 6.45) is -0.806. The van der Waals surface area contributed by atoms with Gasteiger partial charge in [-0.15, -0.1) is 0 Å². The van der Waals surface area contributed by atoms with E-state index in [9.17, 15) is 9.00 Å². The van der Waals surface area contributed by atoms with Crippen LogP contribution in [0.15, 0.2) is 60.7 Å². The molecule has 3 atom stereocenters. The molecule has 0 saturated carbocycles. The number of rotatable bonds is 8. The van der Waals surface area contributed by atoms with Gasteiger partial charge >= 0.3 is 0 Å². The van der Waals surface area contributed by atoms with E-state index in [4.69, 9.17) is 15.0 Å². The Bertz CT molecular complexity index is 652. The highest BCUT2D eigenvalue weighted by Gasteiger charge is 2.25. The summed E-state index contributed by atoms with van der Waals surface area (Å²) in [5, 5.41) is 0. The Balaban J connectivity index is 2.17. The summed E-state index contributed by atoms with van der Waals surface area (Å²) >= 11 is -2.23. The van der Waals surface area contributed by atoms with Crippen LogP contribution in [0.4, 0.5) is 0 Å². The van der Waals surface area contributed by atoms with Gasteiger partial charge in [0.25, 0.3) is 5.91 Å². The van der Waals surface area contributed by atoms with E-state index >= 15 is 0 Å². The van der Waals surface area contributed by atoms with Crippen LogP contribution in [0.5, 0.6) is 5.75 Å². The van der Waals surface area contributed by atoms with Gasteiger partial charge in [0.15, 0.2) is 6.10 Å². The lowest BCUT2D eigenvalue weighted by Gasteiger charge is -2.22. The second-order valence-electron chi connectivity index (χ2n) is 4.89. The van der Waals surface area contributed by atoms with Crippen LogP contribution in [0.2, 0.25) is 0 Å². The summed E-state index contributed by atoms with van der Waals surface area (Å²) in [7, 11) is 0. The molecular formula is C16H18N2O4S. The van der Waals surface area contributed by atoms with Gasteiger partial charge in [-0.2, -0.15) is 0 Å². The molecule has 0 spiro atoms. The molecule has 2 rings (SSSR count). The minimum Gasteiger partial charge on any atom is -0.481 e. The average molecular weight is 334 g/mol. The van der Waals surface area contributed by atoms with Crippen molar-refractivity contribution in [1.82, 2.24) is 4.72 Å². The summed E-state index contributed by atoms with van der Waals surface area (Å²) in [6.45, 7) is 0. The van der Waals surface area contributed by atoms with Crippen molar-refractivity contribution < 1.29 is 18.3 Å². The molecule has 0 aromatic heterocycles. The maximum absolute atomic E-state index is 11.7. The fourth-order valence-corrected chi connectivity index (χ4v) is 2.63. The van der Waals surface area contributed by atoms with E-state index in [1.54, 1.807) is 36.4 Å². The van der Waals surface area contributed by atoms with Gasteiger partial charge in [0, 0.05) is 6.42 Å². The zero-order chi connectivity index (χ0) is 16.7. The molecule has 0 radical (unpaired) electrons. The normalized spacial score (nSPS) is 14.7. The van der Waals surface area contributed by atoms with E-state index in [2.05, 4.69) is 4.72 Å². The molecule has 6 nitrogen and oxygen atoms in total. The Morgan fingerprint density at radius 3 is 2.22 bits per heavy atom. The lowest BCUT2D eigenvalue weighted by molar-refractivity contribution is -0.125. The van der Waals surface area contributed by atoms with Crippen LogP contribution in [0.3, 0.4) is 0 Å². The van der Waals surface area contributed by atoms with Crippen LogP contribution in [-0.2, 0) is 16.1 Å². The van der Waals surface area contributed by atoms with Gasteiger partial charge < -0.3 is 10.5 Å². The SMILES string of the molecule is NC(=O)C(CC(NS(=O)O)c1ccccc1)Oc1ccccc1. The van der Waals surface area contributed by atoms with Gasteiger partial charge in [0.1, 0.15) is 5.75 Å².